The standard InChI is InChI=1S/C24H19N3O5/c28-19(29)13-26-24(32)21-22(30)16-11-17(23(31)27-18(16)12-25-21)20(14-7-3-1-4-8-14)15-9-5-2-6-10-15/h1-12,20,30H,13H2,(H,26,32)(H,27,31)(H,28,29). The molecule has 0 spiro atoms. The van der Waals surface area contributed by atoms with E-state index in [1.165, 1.54) is 6.20 Å². The Hall–Kier alpha value is -4.46. The Labute approximate surface area is 182 Å². The summed E-state index contributed by atoms with van der Waals surface area (Å²) in [5, 5.41) is 21.9. The molecule has 0 bridgehead atoms. The molecule has 0 aliphatic carbocycles. The Bertz CT molecular complexity index is 1310. The minimum Gasteiger partial charge on any atom is -0.505 e. The van der Waals surface area contributed by atoms with Crippen LogP contribution in [0.1, 0.15) is 33.1 Å². The minimum atomic E-state index is -1.22. The van der Waals surface area contributed by atoms with Gasteiger partial charge in [0.25, 0.3) is 11.5 Å². The zero-order valence-corrected chi connectivity index (χ0v) is 16.8. The van der Waals surface area contributed by atoms with Gasteiger partial charge in [-0.15, -0.1) is 0 Å². The summed E-state index contributed by atoms with van der Waals surface area (Å²) in [6.07, 6.45) is 1.26. The van der Waals surface area contributed by atoms with Crippen molar-refractivity contribution in [3.8, 4) is 5.75 Å². The number of amides is 1. The maximum atomic E-state index is 13.0. The lowest BCUT2D eigenvalue weighted by Gasteiger charge is -2.19. The third-order valence-electron chi connectivity index (χ3n) is 5.09. The molecule has 1 amide bonds. The van der Waals surface area contributed by atoms with E-state index < -0.39 is 30.1 Å². The summed E-state index contributed by atoms with van der Waals surface area (Å²) >= 11 is 0. The van der Waals surface area contributed by atoms with Crippen molar-refractivity contribution in [3.63, 3.8) is 0 Å². The number of nitrogens with one attached hydrogen (secondary N) is 2. The van der Waals surface area contributed by atoms with E-state index in [1.807, 2.05) is 60.7 Å². The molecule has 0 atom stereocenters. The molecule has 0 radical (unpaired) electrons. The summed E-state index contributed by atoms with van der Waals surface area (Å²) in [6.45, 7) is -0.612. The van der Waals surface area contributed by atoms with Crippen LogP contribution in [0.25, 0.3) is 10.9 Å². The minimum absolute atomic E-state index is 0.229. The van der Waals surface area contributed by atoms with Gasteiger partial charge in [-0.05, 0) is 17.2 Å². The van der Waals surface area contributed by atoms with Gasteiger partial charge < -0.3 is 20.5 Å². The van der Waals surface area contributed by atoms with Crippen LogP contribution in [0.2, 0.25) is 0 Å². The number of aromatic amines is 1. The zero-order chi connectivity index (χ0) is 22.7. The van der Waals surface area contributed by atoms with Crippen molar-refractivity contribution in [2.24, 2.45) is 0 Å². The van der Waals surface area contributed by atoms with Crippen LogP contribution in [0, 0.1) is 0 Å². The molecule has 8 nitrogen and oxygen atoms in total. The van der Waals surface area contributed by atoms with Gasteiger partial charge in [-0.2, -0.15) is 0 Å². The molecule has 0 aliphatic rings. The average molecular weight is 429 g/mol. The second kappa shape index (κ2) is 8.73. The first-order valence-electron chi connectivity index (χ1n) is 9.80. The number of fused-ring (bicyclic) bond motifs is 1. The van der Waals surface area contributed by atoms with Crippen molar-refractivity contribution >= 4 is 22.8 Å². The lowest BCUT2D eigenvalue weighted by Crippen LogP contribution is -2.30. The van der Waals surface area contributed by atoms with Crippen LogP contribution in [-0.2, 0) is 4.79 Å². The third-order valence-corrected chi connectivity index (χ3v) is 5.09. The molecule has 0 aliphatic heterocycles. The van der Waals surface area contributed by atoms with Crippen LogP contribution in [0.15, 0.2) is 77.7 Å². The Morgan fingerprint density at radius 2 is 1.59 bits per heavy atom. The third kappa shape index (κ3) is 4.06. The summed E-state index contributed by atoms with van der Waals surface area (Å²) in [7, 11) is 0. The number of hydrogen-bond donors (Lipinski definition) is 4. The number of pyridine rings is 2. The number of H-pyrrole nitrogens is 1. The molecule has 2 heterocycles. The van der Waals surface area contributed by atoms with Gasteiger partial charge in [0.15, 0.2) is 11.4 Å². The van der Waals surface area contributed by atoms with Gasteiger partial charge in [0.2, 0.25) is 0 Å². The van der Waals surface area contributed by atoms with Crippen LogP contribution in [-0.4, -0.2) is 38.6 Å². The van der Waals surface area contributed by atoms with Crippen molar-refractivity contribution in [2.75, 3.05) is 6.54 Å². The van der Waals surface area contributed by atoms with Crippen LogP contribution in [0.5, 0.6) is 5.75 Å². The molecule has 32 heavy (non-hydrogen) atoms. The fourth-order valence-electron chi connectivity index (χ4n) is 3.64. The van der Waals surface area contributed by atoms with Gasteiger partial charge >= 0.3 is 5.97 Å². The van der Waals surface area contributed by atoms with Gasteiger partial charge in [-0.3, -0.25) is 14.4 Å². The quantitative estimate of drug-likeness (QED) is 0.372. The molecule has 160 valence electrons. The smallest absolute Gasteiger partial charge is 0.322 e. The predicted octanol–water partition coefficient (Wildman–Crippen LogP) is 2.62. The Morgan fingerprint density at radius 3 is 2.16 bits per heavy atom. The van der Waals surface area contributed by atoms with Gasteiger partial charge in [-0.25, -0.2) is 4.98 Å². The van der Waals surface area contributed by atoms with Crippen LogP contribution in [0.4, 0.5) is 0 Å². The first kappa shape index (κ1) is 20.8. The number of benzene rings is 2. The molecule has 0 saturated heterocycles. The van der Waals surface area contributed by atoms with Crippen LogP contribution < -0.4 is 10.9 Å². The molecule has 4 rings (SSSR count). The van der Waals surface area contributed by atoms with Crippen molar-refractivity contribution in [3.05, 3.63) is 106 Å². The van der Waals surface area contributed by atoms with E-state index in [4.69, 9.17) is 5.11 Å². The molecular formula is C24H19N3O5. The number of carbonyl (C=O) groups is 2. The van der Waals surface area contributed by atoms with Crippen molar-refractivity contribution < 1.29 is 19.8 Å². The van der Waals surface area contributed by atoms with E-state index in [-0.39, 0.29) is 22.2 Å². The number of aromatic hydroxyl groups is 1. The normalized spacial score (nSPS) is 10.9. The van der Waals surface area contributed by atoms with Gasteiger partial charge in [0.1, 0.15) is 6.54 Å². The van der Waals surface area contributed by atoms with E-state index in [2.05, 4.69) is 15.3 Å². The lowest BCUT2D eigenvalue weighted by atomic mass is 9.85. The zero-order valence-electron chi connectivity index (χ0n) is 16.8. The number of carboxylic acids is 1. The molecule has 0 fully saturated rings. The molecule has 2 aromatic carbocycles. The van der Waals surface area contributed by atoms with Gasteiger partial charge in [0, 0.05) is 16.9 Å². The molecule has 4 aromatic rings. The lowest BCUT2D eigenvalue weighted by molar-refractivity contribution is -0.135. The summed E-state index contributed by atoms with van der Waals surface area (Å²) in [5.41, 5.74) is 1.74. The van der Waals surface area contributed by atoms with Crippen molar-refractivity contribution in [1.82, 2.24) is 15.3 Å². The summed E-state index contributed by atoms with van der Waals surface area (Å²) in [4.78, 5) is 42.6. The maximum absolute atomic E-state index is 13.0. The second-order valence-corrected chi connectivity index (χ2v) is 7.17. The van der Waals surface area contributed by atoms with E-state index >= 15 is 0 Å². The number of aliphatic carboxylic acids is 1. The number of hydrogen-bond acceptors (Lipinski definition) is 5. The monoisotopic (exact) mass is 429 g/mol. The van der Waals surface area contributed by atoms with E-state index in [0.29, 0.717) is 5.56 Å². The maximum Gasteiger partial charge on any atom is 0.322 e. The molecule has 4 N–H and O–H groups in total. The van der Waals surface area contributed by atoms with Gasteiger partial charge in [0.05, 0.1) is 11.7 Å². The summed E-state index contributed by atoms with van der Waals surface area (Å²) < 4.78 is 0. The molecule has 8 heteroatoms. The Balaban J connectivity index is 1.88. The Morgan fingerprint density at radius 1 is 1.00 bits per heavy atom. The number of carbonyl (C=O) groups excluding carboxylic acids is 1. The van der Waals surface area contributed by atoms with E-state index in [0.717, 1.165) is 11.1 Å². The predicted molar refractivity (Wildman–Crippen MR) is 118 cm³/mol. The summed E-state index contributed by atoms with van der Waals surface area (Å²) in [6, 6.07) is 20.5. The largest absolute Gasteiger partial charge is 0.505 e. The fourth-order valence-corrected chi connectivity index (χ4v) is 3.64. The highest BCUT2D eigenvalue weighted by molar-refractivity contribution is 6.01. The molecular weight excluding hydrogens is 410 g/mol. The van der Waals surface area contributed by atoms with E-state index in [9.17, 15) is 19.5 Å². The molecule has 2 aromatic heterocycles. The van der Waals surface area contributed by atoms with Crippen LogP contribution >= 0.6 is 0 Å². The number of rotatable bonds is 6. The van der Waals surface area contributed by atoms with Crippen molar-refractivity contribution in [1.29, 1.82) is 0 Å². The average Bonchev–Trinajstić information content (AvgIpc) is 2.80. The van der Waals surface area contributed by atoms with Crippen molar-refractivity contribution in [2.45, 2.75) is 5.92 Å². The highest BCUT2D eigenvalue weighted by Gasteiger charge is 2.23. The van der Waals surface area contributed by atoms with Gasteiger partial charge in [-0.1, -0.05) is 60.7 Å². The first-order valence-corrected chi connectivity index (χ1v) is 9.80. The van der Waals surface area contributed by atoms with Crippen LogP contribution in [0.3, 0.4) is 0 Å². The SMILES string of the molecule is O=C(O)CNC(=O)c1ncc2[nH]c(=O)c(C(c3ccccc3)c3ccccc3)cc2c1O. The molecule has 0 saturated carbocycles. The number of nitrogens with zero attached hydrogens (tertiary/aromatic N) is 1. The highest BCUT2D eigenvalue weighted by Crippen LogP contribution is 2.33. The topological polar surface area (TPSA) is 132 Å². The highest BCUT2D eigenvalue weighted by atomic mass is 16.4. The van der Waals surface area contributed by atoms with E-state index in [1.54, 1.807) is 6.07 Å². The fraction of sp³-hybridized carbons (Fsp3) is 0.0833. The summed E-state index contributed by atoms with van der Waals surface area (Å²) in [5.74, 6) is -2.91. The second-order valence-electron chi connectivity index (χ2n) is 7.17. The number of carboxylic acid groups (broad SMARTS) is 1. The molecule has 0 unspecified atom stereocenters. The Kier molecular flexibility index (Phi) is 5.67. The first-order chi connectivity index (χ1) is 15.5. The number of aromatic nitrogens is 2.